The van der Waals surface area contributed by atoms with Gasteiger partial charge in [0.15, 0.2) is 0 Å². The number of aliphatic hydroxyl groups is 1. The summed E-state index contributed by atoms with van der Waals surface area (Å²) >= 11 is 12.0. The van der Waals surface area contributed by atoms with Crippen LogP contribution in [0, 0.1) is 0 Å². The largest absolute Gasteiger partial charge is 0.389 e. The zero-order valence-corrected chi connectivity index (χ0v) is 13.5. The van der Waals surface area contributed by atoms with E-state index in [0.29, 0.717) is 29.8 Å². The van der Waals surface area contributed by atoms with Crippen LogP contribution in [0.15, 0.2) is 18.2 Å². The number of rotatable bonds is 9. The van der Waals surface area contributed by atoms with Crippen molar-refractivity contribution < 1.29 is 9.84 Å². The zero-order chi connectivity index (χ0) is 15.0. The molecule has 0 amide bonds. The molecule has 5 heteroatoms. The Balaban J connectivity index is 2.33. The summed E-state index contributed by atoms with van der Waals surface area (Å²) in [5, 5.41) is 14.3. The first-order chi connectivity index (χ1) is 9.54. The number of hydrogen-bond acceptors (Lipinski definition) is 3. The molecule has 1 aromatic carbocycles. The molecule has 3 nitrogen and oxygen atoms in total. The van der Waals surface area contributed by atoms with Crippen LogP contribution >= 0.6 is 23.2 Å². The van der Waals surface area contributed by atoms with Crippen molar-refractivity contribution in [1.82, 2.24) is 5.32 Å². The molecule has 0 aliphatic heterocycles. The molecule has 0 saturated carbocycles. The molecule has 1 rings (SSSR count). The predicted octanol–water partition coefficient (Wildman–Crippen LogP) is 3.82. The van der Waals surface area contributed by atoms with Gasteiger partial charge in [-0.1, -0.05) is 42.6 Å². The molecule has 0 spiro atoms. The summed E-state index contributed by atoms with van der Waals surface area (Å²) in [7, 11) is 0. The maximum absolute atomic E-state index is 9.82. The first-order valence-electron chi connectivity index (χ1n) is 6.98. The Hall–Kier alpha value is -0.320. The molecule has 2 atom stereocenters. The fraction of sp³-hybridized carbons (Fsp3) is 0.600. The van der Waals surface area contributed by atoms with Crippen LogP contribution in [-0.2, 0) is 4.74 Å². The van der Waals surface area contributed by atoms with E-state index in [-0.39, 0.29) is 6.04 Å². The molecule has 1 aromatic rings. The SMILES string of the molecule is CCCCOCC(O)CNC(C)c1ccc(Cl)cc1Cl. The minimum atomic E-state index is -0.514. The van der Waals surface area contributed by atoms with E-state index in [4.69, 9.17) is 27.9 Å². The molecule has 114 valence electrons. The highest BCUT2D eigenvalue weighted by Gasteiger charge is 2.12. The number of benzene rings is 1. The van der Waals surface area contributed by atoms with Crippen molar-refractivity contribution in [1.29, 1.82) is 0 Å². The van der Waals surface area contributed by atoms with Gasteiger partial charge < -0.3 is 15.2 Å². The maximum atomic E-state index is 9.82. The third kappa shape index (κ3) is 6.42. The van der Waals surface area contributed by atoms with E-state index in [9.17, 15) is 5.11 Å². The number of ether oxygens (including phenoxy) is 1. The lowest BCUT2D eigenvalue weighted by molar-refractivity contribution is 0.0348. The van der Waals surface area contributed by atoms with E-state index in [1.54, 1.807) is 6.07 Å². The molecule has 0 bridgehead atoms. The van der Waals surface area contributed by atoms with Gasteiger partial charge in [0.2, 0.25) is 0 Å². The molecule has 0 aromatic heterocycles. The van der Waals surface area contributed by atoms with Gasteiger partial charge in [0.05, 0.1) is 12.7 Å². The number of hydrogen-bond donors (Lipinski definition) is 2. The molecule has 0 aliphatic carbocycles. The zero-order valence-electron chi connectivity index (χ0n) is 12.0. The van der Waals surface area contributed by atoms with Crippen molar-refractivity contribution in [3.63, 3.8) is 0 Å². The Bertz CT molecular complexity index is 401. The molecule has 0 heterocycles. The van der Waals surface area contributed by atoms with Gasteiger partial charge in [-0.25, -0.2) is 0 Å². The van der Waals surface area contributed by atoms with Crippen LogP contribution in [0.2, 0.25) is 10.0 Å². The second-order valence-corrected chi connectivity index (χ2v) is 5.72. The fourth-order valence-corrected chi connectivity index (χ4v) is 2.37. The number of aliphatic hydroxyl groups excluding tert-OH is 1. The Kier molecular flexibility index (Phi) is 8.50. The van der Waals surface area contributed by atoms with Gasteiger partial charge in [-0.3, -0.25) is 0 Å². The number of unbranched alkanes of at least 4 members (excludes halogenated alkanes) is 1. The Morgan fingerprint density at radius 1 is 1.35 bits per heavy atom. The van der Waals surface area contributed by atoms with Crippen LogP contribution in [0.4, 0.5) is 0 Å². The first-order valence-corrected chi connectivity index (χ1v) is 7.74. The van der Waals surface area contributed by atoms with Gasteiger partial charge in [-0.15, -0.1) is 0 Å². The highest BCUT2D eigenvalue weighted by atomic mass is 35.5. The van der Waals surface area contributed by atoms with E-state index in [0.717, 1.165) is 18.4 Å². The van der Waals surface area contributed by atoms with Gasteiger partial charge in [-0.2, -0.15) is 0 Å². The summed E-state index contributed by atoms with van der Waals surface area (Å²) < 4.78 is 5.38. The molecule has 2 unspecified atom stereocenters. The number of nitrogens with one attached hydrogen (secondary N) is 1. The van der Waals surface area contributed by atoms with E-state index in [1.807, 2.05) is 19.1 Å². The highest BCUT2D eigenvalue weighted by molar-refractivity contribution is 6.35. The molecule has 0 radical (unpaired) electrons. The molecule has 0 fully saturated rings. The molecule has 0 saturated heterocycles. The van der Waals surface area contributed by atoms with Crippen molar-refractivity contribution >= 4 is 23.2 Å². The van der Waals surface area contributed by atoms with Crippen LogP contribution in [0.5, 0.6) is 0 Å². The van der Waals surface area contributed by atoms with E-state index < -0.39 is 6.10 Å². The second-order valence-electron chi connectivity index (χ2n) is 4.88. The molecule has 2 N–H and O–H groups in total. The van der Waals surface area contributed by atoms with Crippen LogP contribution < -0.4 is 5.32 Å². The summed E-state index contributed by atoms with van der Waals surface area (Å²) in [5.74, 6) is 0. The van der Waals surface area contributed by atoms with Crippen molar-refractivity contribution in [2.24, 2.45) is 0 Å². The lowest BCUT2D eigenvalue weighted by atomic mass is 10.1. The van der Waals surface area contributed by atoms with E-state index in [2.05, 4.69) is 12.2 Å². The van der Waals surface area contributed by atoms with Gasteiger partial charge in [0.1, 0.15) is 0 Å². The van der Waals surface area contributed by atoms with Gasteiger partial charge >= 0.3 is 0 Å². The van der Waals surface area contributed by atoms with Gasteiger partial charge in [0, 0.05) is 29.2 Å². The third-order valence-electron chi connectivity index (χ3n) is 3.04. The molecular weight excluding hydrogens is 297 g/mol. The van der Waals surface area contributed by atoms with Crippen LogP contribution in [0.25, 0.3) is 0 Å². The van der Waals surface area contributed by atoms with Crippen molar-refractivity contribution in [3.05, 3.63) is 33.8 Å². The Morgan fingerprint density at radius 2 is 2.10 bits per heavy atom. The molecular formula is C15H23Cl2NO2. The van der Waals surface area contributed by atoms with Crippen molar-refractivity contribution in [3.8, 4) is 0 Å². The topological polar surface area (TPSA) is 41.5 Å². The average molecular weight is 320 g/mol. The van der Waals surface area contributed by atoms with E-state index >= 15 is 0 Å². The van der Waals surface area contributed by atoms with E-state index in [1.165, 1.54) is 0 Å². The van der Waals surface area contributed by atoms with Crippen molar-refractivity contribution in [2.75, 3.05) is 19.8 Å². The summed E-state index contributed by atoms with van der Waals surface area (Å²) in [6.07, 6.45) is 1.61. The Morgan fingerprint density at radius 3 is 2.75 bits per heavy atom. The maximum Gasteiger partial charge on any atom is 0.0897 e. The smallest absolute Gasteiger partial charge is 0.0897 e. The second kappa shape index (κ2) is 9.59. The monoisotopic (exact) mass is 319 g/mol. The van der Waals surface area contributed by atoms with Crippen molar-refractivity contribution in [2.45, 2.75) is 38.8 Å². The summed E-state index contributed by atoms with van der Waals surface area (Å²) in [5.41, 5.74) is 0.968. The fourth-order valence-electron chi connectivity index (χ4n) is 1.80. The standard InChI is InChI=1S/C15H23Cl2NO2/c1-3-4-7-20-10-13(19)9-18-11(2)14-6-5-12(16)8-15(14)17/h5-6,8,11,13,18-19H,3-4,7,9-10H2,1-2H3. The lowest BCUT2D eigenvalue weighted by Gasteiger charge is -2.18. The summed E-state index contributed by atoms with van der Waals surface area (Å²) in [6, 6.07) is 5.48. The average Bonchev–Trinajstić information content (AvgIpc) is 2.41. The minimum Gasteiger partial charge on any atom is -0.389 e. The highest BCUT2D eigenvalue weighted by Crippen LogP contribution is 2.25. The van der Waals surface area contributed by atoms with Gasteiger partial charge in [0.25, 0.3) is 0 Å². The predicted molar refractivity (Wildman–Crippen MR) is 84.6 cm³/mol. The summed E-state index contributed by atoms with van der Waals surface area (Å²) in [4.78, 5) is 0. The minimum absolute atomic E-state index is 0.0464. The van der Waals surface area contributed by atoms with Crippen LogP contribution in [-0.4, -0.2) is 31.0 Å². The summed E-state index contributed by atoms with van der Waals surface area (Å²) in [6.45, 7) is 5.63. The Labute approximate surface area is 131 Å². The third-order valence-corrected chi connectivity index (χ3v) is 3.60. The first kappa shape index (κ1) is 17.7. The van der Waals surface area contributed by atoms with Crippen LogP contribution in [0.1, 0.15) is 38.3 Å². The lowest BCUT2D eigenvalue weighted by Crippen LogP contribution is -2.32. The van der Waals surface area contributed by atoms with Crippen LogP contribution in [0.3, 0.4) is 0 Å². The molecule has 20 heavy (non-hydrogen) atoms. The normalized spacial score (nSPS) is 14.2. The quantitative estimate of drug-likeness (QED) is 0.680. The number of halogens is 2. The molecule has 0 aliphatic rings. The van der Waals surface area contributed by atoms with Gasteiger partial charge in [-0.05, 0) is 31.0 Å².